The summed E-state index contributed by atoms with van der Waals surface area (Å²) in [6, 6.07) is 21.0. The van der Waals surface area contributed by atoms with Crippen molar-refractivity contribution in [3.63, 3.8) is 0 Å². The van der Waals surface area contributed by atoms with Gasteiger partial charge in [0.05, 0.1) is 0 Å². The van der Waals surface area contributed by atoms with Crippen LogP contribution in [-0.4, -0.2) is 23.5 Å². The van der Waals surface area contributed by atoms with Gasteiger partial charge in [-0.25, -0.2) is 9.59 Å². The summed E-state index contributed by atoms with van der Waals surface area (Å²) in [5.74, 6) is 0.807. The molecule has 0 aromatic heterocycles. The van der Waals surface area contributed by atoms with Gasteiger partial charge in [0.2, 0.25) is 0 Å². The maximum atomic E-state index is 12.1. The molecule has 0 bridgehead atoms. The van der Waals surface area contributed by atoms with E-state index in [-0.39, 0.29) is 5.41 Å². The van der Waals surface area contributed by atoms with Crippen LogP contribution in [0.2, 0.25) is 0 Å². The highest BCUT2D eigenvalue weighted by Crippen LogP contribution is 2.41. The van der Waals surface area contributed by atoms with Crippen LogP contribution < -0.4 is 9.47 Å². The van der Waals surface area contributed by atoms with E-state index >= 15 is 0 Å². The Labute approximate surface area is 225 Å². The number of carbonyl (C=O) groups is 2. The van der Waals surface area contributed by atoms with Crippen molar-refractivity contribution < 1.29 is 28.5 Å². The summed E-state index contributed by atoms with van der Waals surface area (Å²) in [5, 5.41) is 0. The SMILES string of the molecule is CC(C)(C)OC(=O)Oc1ccc(-c2cccc(C(C)(C)C)c2-c2ccc(OC(=O)OC(C)(C)C)cc2)cc1. The number of benzene rings is 3. The minimum atomic E-state index is -0.741. The molecule has 0 atom stereocenters. The summed E-state index contributed by atoms with van der Waals surface area (Å²) < 4.78 is 21.2. The second-order valence-electron chi connectivity index (χ2n) is 12.2. The van der Waals surface area contributed by atoms with E-state index in [0.717, 1.165) is 22.3 Å². The van der Waals surface area contributed by atoms with Gasteiger partial charge in [0.1, 0.15) is 22.7 Å². The van der Waals surface area contributed by atoms with E-state index in [4.69, 9.17) is 18.9 Å². The van der Waals surface area contributed by atoms with Gasteiger partial charge in [-0.15, -0.1) is 0 Å². The Bertz CT molecular complexity index is 1270. The van der Waals surface area contributed by atoms with Gasteiger partial charge >= 0.3 is 12.3 Å². The second-order valence-corrected chi connectivity index (χ2v) is 12.2. The first-order chi connectivity index (χ1) is 17.5. The largest absolute Gasteiger partial charge is 0.514 e. The molecule has 0 saturated carbocycles. The van der Waals surface area contributed by atoms with Crippen LogP contribution in [0.4, 0.5) is 9.59 Å². The van der Waals surface area contributed by atoms with E-state index in [1.165, 1.54) is 5.56 Å². The normalized spacial score (nSPS) is 12.0. The molecule has 3 aromatic carbocycles. The predicted molar refractivity (Wildman–Crippen MR) is 150 cm³/mol. The molecule has 0 saturated heterocycles. The van der Waals surface area contributed by atoms with Crippen molar-refractivity contribution >= 4 is 12.3 Å². The van der Waals surface area contributed by atoms with E-state index in [9.17, 15) is 9.59 Å². The Hall–Kier alpha value is -3.80. The Morgan fingerprint density at radius 1 is 0.553 bits per heavy atom. The monoisotopic (exact) mass is 518 g/mol. The van der Waals surface area contributed by atoms with Crippen molar-refractivity contribution in [1.82, 2.24) is 0 Å². The number of hydrogen-bond acceptors (Lipinski definition) is 6. The van der Waals surface area contributed by atoms with Gasteiger partial charge in [0.15, 0.2) is 0 Å². The number of ether oxygens (including phenoxy) is 4. The smallest absolute Gasteiger partial charge is 0.428 e. The first-order valence-corrected chi connectivity index (χ1v) is 12.7. The van der Waals surface area contributed by atoms with Crippen LogP contribution >= 0.6 is 0 Å². The van der Waals surface area contributed by atoms with Crippen LogP contribution in [0.1, 0.15) is 67.9 Å². The third-order valence-electron chi connectivity index (χ3n) is 5.36. The third-order valence-corrected chi connectivity index (χ3v) is 5.36. The second kappa shape index (κ2) is 10.9. The van der Waals surface area contributed by atoms with Crippen LogP contribution in [-0.2, 0) is 14.9 Å². The molecule has 3 rings (SSSR count). The van der Waals surface area contributed by atoms with Crippen molar-refractivity contribution in [1.29, 1.82) is 0 Å². The molecule has 6 nitrogen and oxygen atoms in total. The lowest BCUT2D eigenvalue weighted by Crippen LogP contribution is -2.25. The highest BCUT2D eigenvalue weighted by Gasteiger charge is 2.23. The molecule has 3 aromatic rings. The summed E-state index contributed by atoms with van der Waals surface area (Å²) in [6.45, 7) is 17.3. The van der Waals surface area contributed by atoms with Gasteiger partial charge in [-0.3, -0.25) is 0 Å². The molecule has 0 fully saturated rings. The fourth-order valence-electron chi connectivity index (χ4n) is 3.86. The average Bonchev–Trinajstić information content (AvgIpc) is 2.76. The van der Waals surface area contributed by atoms with Gasteiger partial charge < -0.3 is 18.9 Å². The molecular formula is C32H38O6. The van der Waals surface area contributed by atoms with Crippen molar-refractivity contribution in [2.45, 2.75) is 78.9 Å². The lowest BCUT2D eigenvalue weighted by molar-refractivity contribution is 0.0193. The Balaban J connectivity index is 1.95. The fraction of sp³-hybridized carbons (Fsp3) is 0.375. The first kappa shape index (κ1) is 28.8. The molecule has 0 aliphatic carbocycles. The molecule has 0 heterocycles. The lowest BCUT2D eigenvalue weighted by atomic mass is 9.79. The maximum Gasteiger partial charge on any atom is 0.514 e. The van der Waals surface area contributed by atoms with E-state index in [0.29, 0.717) is 11.5 Å². The Morgan fingerprint density at radius 3 is 1.37 bits per heavy atom. The molecule has 0 N–H and O–H groups in total. The summed E-state index contributed by atoms with van der Waals surface area (Å²) in [5.41, 5.74) is 3.83. The molecule has 0 aliphatic rings. The van der Waals surface area contributed by atoms with Crippen LogP contribution in [0.5, 0.6) is 11.5 Å². The van der Waals surface area contributed by atoms with E-state index in [2.05, 4.69) is 32.9 Å². The van der Waals surface area contributed by atoms with Gasteiger partial charge in [0, 0.05) is 0 Å². The molecule has 38 heavy (non-hydrogen) atoms. The topological polar surface area (TPSA) is 71.1 Å². The zero-order chi connectivity index (χ0) is 28.3. The minimum absolute atomic E-state index is 0.128. The minimum Gasteiger partial charge on any atom is -0.428 e. The molecular weight excluding hydrogens is 480 g/mol. The molecule has 0 aliphatic heterocycles. The Kier molecular flexibility index (Phi) is 8.25. The van der Waals surface area contributed by atoms with Crippen molar-refractivity contribution in [3.05, 3.63) is 72.3 Å². The maximum absolute atomic E-state index is 12.1. The number of hydrogen-bond donors (Lipinski definition) is 0. The summed E-state index contributed by atoms with van der Waals surface area (Å²) in [7, 11) is 0. The van der Waals surface area contributed by atoms with Gasteiger partial charge in [0.25, 0.3) is 0 Å². The predicted octanol–water partition coefficient (Wildman–Crippen LogP) is 8.95. The third kappa shape index (κ3) is 8.10. The Morgan fingerprint density at radius 2 is 0.974 bits per heavy atom. The summed E-state index contributed by atoms with van der Waals surface area (Å²) in [4.78, 5) is 24.1. The van der Waals surface area contributed by atoms with Crippen LogP contribution in [0.15, 0.2) is 66.7 Å². The van der Waals surface area contributed by atoms with Gasteiger partial charge in [-0.05, 0) is 99.0 Å². The van der Waals surface area contributed by atoms with Crippen molar-refractivity contribution in [2.24, 2.45) is 0 Å². The number of carbonyl (C=O) groups excluding carboxylic acids is 2. The standard InChI is InChI=1S/C32H38O6/c1-30(2,3)26-12-10-11-25(21-13-17-23(18-14-21)35-28(33)37-31(4,5)6)27(26)22-15-19-24(20-16-22)36-29(34)38-32(7,8)9/h10-20H,1-9H3. The zero-order valence-corrected chi connectivity index (χ0v) is 23.8. The van der Waals surface area contributed by atoms with E-state index in [1.807, 2.05) is 30.3 Å². The van der Waals surface area contributed by atoms with E-state index in [1.54, 1.807) is 65.8 Å². The van der Waals surface area contributed by atoms with Gasteiger partial charge in [-0.2, -0.15) is 0 Å². The lowest BCUT2D eigenvalue weighted by Gasteiger charge is -2.26. The molecule has 0 spiro atoms. The van der Waals surface area contributed by atoms with E-state index < -0.39 is 23.5 Å². The van der Waals surface area contributed by atoms with Gasteiger partial charge in [-0.1, -0.05) is 63.2 Å². The molecule has 202 valence electrons. The highest BCUT2D eigenvalue weighted by atomic mass is 16.7. The average molecular weight is 519 g/mol. The van der Waals surface area contributed by atoms with Crippen LogP contribution in [0.25, 0.3) is 22.3 Å². The quantitative estimate of drug-likeness (QED) is 0.254. The molecule has 0 unspecified atom stereocenters. The van der Waals surface area contributed by atoms with Crippen molar-refractivity contribution in [3.8, 4) is 33.8 Å². The van der Waals surface area contributed by atoms with Crippen LogP contribution in [0.3, 0.4) is 0 Å². The van der Waals surface area contributed by atoms with Crippen LogP contribution in [0, 0.1) is 0 Å². The molecule has 0 radical (unpaired) electrons. The summed E-state index contributed by atoms with van der Waals surface area (Å²) >= 11 is 0. The zero-order valence-electron chi connectivity index (χ0n) is 23.8. The number of rotatable bonds is 4. The fourth-order valence-corrected chi connectivity index (χ4v) is 3.86. The highest BCUT2D eigenvalue weighted by molar-refractivity contribution is 5.87. The first-order valence-electron chi connectivity index (χ1n) is 12.7. The van der Waals surface area contributed by atoms with Crippen molar-refractivity contribution in [2.75, 3.05) is 0 Å². The summed E-state index contributed by atoms with van der Waals surface area (Å²) in [6.07, 6.45) is -1.48. The molecule has 6 heteroatoms. The molecule has 0 amide bonds.